The summed E-state index contributed by atoms with van der Waals surface area (Å²) in [4.78, 5) is 25.4. The topological polar surface area (TPSA) is 168 Å². The molecule has 2 fully saturated rings. The molecule has 0 aromatic heterocycles. The van der Waals surface area contributed by atoms with Gasteiger partial charge in [-0.25, -0.2) is 4.57 Å². The molecule has 0 radical (unpaired) electrons. The number of rotatable bonds is 26. The number of phosphoric acid groups is 1. The van der Waals surface area contributed by atoms with E-state index in [-0.39, 0.29) is 46.6 Å². The van der Waals surface area contributed by atoms with Crippen molar-refractivity contribution < 1.29 is 42.3 Å². The zero-order valence-corrected chi connectivity index (χ0v) is 38.8. The van der Waals surface area contributed by atoms with Crippen molar-refractivity contribution in [1.29, 1.82) is 0 Å². The Bertz CT molecular complexity index is 1750. The predicted octanol–water partition coefficient (Wildman–Crippen LogP) is 10.5. The molecule has 2 saturated carbocycles. The number of methoxy groups -OCH3 is 1. The normalized spacial score (nSPS) is 23.8. The molecule has 5 rings (SSSR count). The lowest BCUT2D eigenvalue weighted by molar-refractivity contribution is -0.124. The lowest BCUT2D eigenvalue weighted by atomic mass is 9.55. The third kappa shape index (κ3) is 12.7. The highest BCUT2D eigenvalue weighted by atomic mass is 31.2. The molecule has 0 spiro atoms. The van der Waals surface area contributed by atoms with Crippen LogP contribution in [0.25, 0.3) is 0 Å². The lowest BCUT2D eigenvalue weighted by Gasteiger charge is -2.50. The van der Waals surface area contributed by atoms with Crippen LogP contribution in [-0.4, -0.2) is 63.0 Å². The first-order valence-electron chi connectivity index (χ1n) is 23.4. The van der Waals surface area contributed by atoms with Gasteiger partial charge in [0.05, 0.1) is 38.7 Å². The van der Waals surface area contributed by atoms with Gasteiger partial charge in [0.2, 0.25) is 5.91 Å². The van der Waals surface area contributed by atoms with Gasteiger partial charge in [0, 0.05) is 19.5 Å². The zero-order chi connectivity index (χ0) is 44.0. The second kappa shape index (κ2) is 23.4. The molecule has 3 aliphatic rings. The summed E-state index contributed by atoms with van der Waals surface area (Å²) in [6.45, 7) is 12.9. The van der Waals surface area contributed by atoms with Gasteiger partial charge < -0.3 is 35.5 Å². The summed E-state index contributed by atoms with van der Waals surface area (Å²) in [5.74, 6) is 2.12. The number of carbonyl (C=O) groups is 2. The molecule has 13 heteroatoms. The molecule has 5 N–H and O–H groups in total. The number of benzene rings is 2. The predicted molar refractivity (Wildman–Crippen MR) is 241 cm³/mol. The largest absolute Gasteiger partial charge is 0.530 e. The quantitative estimate of drug-likeness (QED) is 0.0309. The van der Waals surface area contributed by atoms with E-state index < -0.39 is 13.7 Å². The number of anilines is 1. The number of hydrogen-bond acceptors (Lipinski definition) is 10. The number of ether oxygens (including phenoxy) is 2. The van der Waals surface area contributed by atoms with Gasteiger partial charge in [0.25, 0.3) is 5.91 Å². The smallest absolute Gasteiger partial charge is 0.505 e. The average molecular weight is 870 g/mol. The Morgan fingerprint density at radius 2 is 1.61 bits per heavy atom. The van der Waals surface area contributed by atoms with Crippen molar-refractivity contribution in [3.63, 3.8) is 0 Å². The van der Waals surface area contributed by atoms with Crippen LogP contribution >= 0.6 is 7.82 Å². The first kappa shape index (κ1) is 48.7. The zero-order valence-electron chi connectivity index (χ0n) is 37.9. The Hall–Kier alpha value is -3.31. The number of fused-ring (bicyclic) bond motifs is 5. The number of phenolic OH excluding ortho intramolecular Hbond substituents is 1. The Labute approximate surface area is 365 Å². The fourth-order valence-corrected chi connectivity index (χ4v) is 11.6. The van der Waals surface area contributed by atoms with Crippen LogP contribution in [0.2, 0.25) is 0 Å². The van der Waals surface area contributed by atoms with Crippen LogP contribution < -0.4 is 25.6 Å². The van der Waals surface area contributed by atoms with Crippen molar-refractivity contribution in [3.8, 4) is 17.2 Å². The fraction of sp³-hybridized carbons (Fsp3) is 0.708. The third-order valence-corrected chi connectivity index (χ3v) is 15.4. The van der Waals surface area contributed by atoms with Crippen molar-refractivity contribution in [1.82, 2.24) is 10.6 Å². The highest BCUT2D eigenvalue weighted by Crippen LogP contribution is 2.62. The van der Waals surface area contributed by atoms with Crippen molar-refractivity contribution in [2.45, 2.75) is 149 Å². The van der Waals surface area contributed by atoms with Crippen molar-refractivity contribution in [2.75, 3.05) is 45.8 Å². The summed E-state index contributed by atoms with van der Waals surface area (Å²) in [5.41, 5.74) is 8.58. The maximum Gasteiger partial charge on any atom is 0.530 e. The number of phosphoric ester groups is 1. The number of aromatic hydroxyl groups is 1. The van der Waals surface area contributed by atoms with Gasteiger partial charge in [-0.15, -0.1) is 0 Å². The van der Waals surface area contributed by atoms with Crippen molar-refractivity contribution >= 4 is 25.3 Å². The maximum atomic E-state index is 14.3. The highest BCUT2D eigenvalue weighted by molar-refractivity contribution is 7.48. The summed E-state index contributed by atoms with van der Waals surface area (Å²) in [5, 5.41) is 15.9. The average Bonchev–Trinajstić information content (AvgIpc) is 3.60. The van der Waals surface area contributed by atoms with E-state index in [1.165, 1.54) is 30.4 Å². The molecular weight excluding hydrogens is 794 g/mol. The minimum Gasteiger partial charge on any atom is -0.505 e. The Morgan fingerprint density at radius 3 is 2.26 bits per heavy atom. The van der Waals surface area contributed by atoms with E-state index in [1.54, 1.807) is 0 Å². The van der Waals surface area contributed by atoms with Crippen LogP contribution in [0.15, 0.2) is 30.3 Å². The molecule has 0 heterocycles. The van der Waals surface area contributed by atoms with Crippen LogP contribution in [0, 0.1) is 29.1 Å². The second-order valence-corrected chi connectivity index (χ2v) is 19.6. The Balaban J connectivity index is 1.10. The van der Waals surface area contributed by atoms with E-state index in [0.29, 0.717) is 74.7 Å². The number of hydrogen-bond donors (Lipinski definition) is 4. The van der Waals surface area contributed by atoms with Gasteiger partial charge in [-0.05, 0) is 128 Å². The van der Waals surface area contributed by atoms with E-state index in [0.717, 1.165) is 89.9 Å². The molecule has 0 saturated heterocycles. The fourth-order valence-electron chi connectivity index (χ4n) is 10.2. The van der Waals surface area contributed by atoms with Crippen molar-refractivity contribution in [2.24, 2.45) is 29.1 Å². The molecule has 2 aromatic rings. The molecule has 2 amide bonds. The molecule has 342 valence electrons. The standard InChI is InChI=1S/C48H76N3O9P/c1-7-11-14-33(9-3)31-58-61(55,59-32-34(10-4)15-12-8-2)60-36-17-19-37-35(30-36)16-18-39-38(37)24-26-48(5)40(39)20-23-43(48)57-29-25-44(52)50-27-13-28-51-47(54)45-42(56-6)22-21-41(49)46(45)53/h17,19,21-22,30,33-34,38-40,43,53H,7-16,18,20,23-29,31-32,49H2,1-6H3,(H,50,52)(H,51,54). The van der Waals surface area contributed by atoms with Gasteiger partial charge in [-0.2, -0.15) is 0 Å². The van der Waals surface area contributed by atoms with E-state index in [4.69, 9.17) is 28.8 Å². The van der Waals surface area contributed by atoms with Crippen LogP contribution in [-0.2, 0) is 29.6 Å². The Kier molecular flexibility index (Phi) is 18.7. The number of nitrogen functional groups attached to an aromatic ring is 1. The van der Waals surface area contributed by atoms with Gasteiger partial charge in [0.15, 0.2) is 5.75 Å². The van der Waals surface area contributed by atoms with E-state index in [1.807, 2.05) is 6.07 Å². The number of unbranched alkanes of at least 4 members (excludes halogenated alkanes) is 2. The first-order valence-corrected chi connectivity index (χ1v) is 24.9. The molecule has 0 bridgehead atoms. The minimum absolute atomic E-state index is 0.00905. The van der Waals surface area contributed by atoms with Crippen molar-refractivity contribution in [3.05, 3.63) is 47.0 Å². The summed E-state index contributed by atoms with van der Waals surface area (Å²) < 4.78 is 44.5. The molecule has 7 unspecified atom stereocenters. The first-order chi connectivity index (χ1) is 29.4. The number of phenols is 1. The summed E-state index contributed by atoms with van der Waals surface area (Å²) in [7, 11) is -2.43. The monoisotopic (exact) mass is 870 g/mol. The molecule has 61 heavy (non-hydrogen) atoms. The second-order valence-electron chi connectivity index (χ2n) is 18.0. The number of amides is 2. The third-order valence-electron chi connectivity index (χ3n) is 14.1. The molecule has 3 aliphatic carbocycles. The Morgan fingerprint density at radius 1 is 0.918 bits per heavy atom. The highest BCUT2D eigenvalue weighted by Gasteiger charge is 2.55. The molecule has 0 aliphatic heterocycles. The van der Waals surface area contributed by atoms with E-state index in [2.05, 4.69) is 57.4 Å². The number of carbonyl (C=O) groups excluding carboxylic acids is 2. The van der Waals surface area contributed by atoms with Gasteiger partial charge in [0.1, 0.15) is 17.1 Å². The summed E-state index contributed by atoms with van der Waals surface area (Å²) in [6.07, 6.45) is 15.7. The number of nitrogens with one attached hydrogen (secondary N) is 2. The molecule has 2 aromatic carbocycles. The number of nitrogens with two attached hydrogens (primary N) is 1. The summed E-state index contributed by atoms with van der Waals surface area (Å²) >= 11 is 0. The number of aryl methyl sites for hydroxylation is 1. The van der Waals surface area contributed by atoms with E-state index >= 15 is 0 Å². The van der Waals surface area contributed by atoms with Crippen LogP contribution in [0.1, 0.15) is 158 Å². The van der Waals surface area contributed by atoms with E-state index in [9.17, 15) is 19.3 Å². The van der Waals surface area contributed by atoms with Crippen LogP contribution in [0.3, 0.4) is 0 Å². The summed E-state index contributed by atoms with van der Waals surface area (Å²) in [6, 6.07) is 9.29. The maximum absolute atomic E-state index is 14.3. The van der Waals surface area contributed by atoms with Gasteiger partial charge >= 0.3 is 7.82 Å². The lowest BCUT2D eigenvalue weighted by Crippen LogP contribution is -2.45. The van der Waals surface area contributed by atoms with Gasteiger partial charge in [-0.1, -0.05) is 79.2 Å². The molecular formula is C48H76N3O9P. The molecule has 7 atom stereocenters. The van der Waals surface area contributed by atoms with Crippen LogP contribution in [0.5, 0.6) is 17.2 Å². The van der Waals surface area contributed by atoms with Gasteiger partial charge in [-0.3, -0.25) is 18.6 Å². The molecule has 12 nitrogen and oxygen atoms in total. The minimum atomic E-state index is -3.84. The van der Waals surface area contributed by atoms with Crippen LogP contribution in [0.4, 0.5) is 5.69 Å². The SMILES string of the molecule is CCCCC(CC)COP(=O)(OCC(CC)CCCC)Oc1ccc2c(c1)CCC1C2CCC2(C)C(OCCC(=O)NCCCNC(=O)c3c(OC)ccc(N)c3O)CCC12.